The molecule has 1 unspecified atom stereocenters. The van der Waals surface area contributed by atoms with Crippen molar-refractivity contribution in [3.8, 4) is 0 Å². The molecule has 2 fully saturated rings. The Bertz CT molecular complexity index is 462. The Morgan fingerprint density at radius 1 is 1.33 bits per heavy atom. The molecule has 1 aromatic rings. The summed E-state index contributed by atoms with van der Waals surface area (Å²) in [6, 6.07) is 10.5. The van der Waals surface area contributed by atoms with Gasteiger partial charge in [0, 0.05) is 39.3 Å². The van der Waals surface area contributed by atoms with E-state index >= 15 is 0 Å². The molecule has 3 rings (SSSR count). The lowest BCUT2D eigenvalue weighted by molar-refractivity contribution is -0.127. The van der Waals surface area contributed by atoms with Crippen LogP contribution in [-0.4, -0.2) is 56.2 Å². The van der Waals surface area contributed by atoms with E-state index in [-0.39, 0.29) is 17.9 Å². The molecule has 1 atom stereocenters. The van der Waals surface area contributed by atoms with E-state index in [9.17, 15) is 4.79 Å². The molecule has 21 heavy (non-hydrogen) atoms. The summed E-state index contributed by atoms with van der Waals surface area (Å²) in [5.41, 5.74) is 1.32. The Morgan fingerprint density at radius 3 is 2.86 bits per heavy atom. The molecule has 1 amide bonds. The minimum atomic E-state index is 0.0967. The van der Waals surface area contributed by atoms with E-state index in [2.05, 4.69) is 39.8 Å². The highest BCUT2D eigenvalue weighted by molar-refractivity contribution is 5.80. The van der Waals surface area contributed by atoms with Crippen LogP contribution in [0.4, 0.5) is 0 Å². The summed E-state index contributed by atoms with van der Waals surface area (Å²) < 4.78 is 5.76. The van der Waals surface area contributed by atoms with Crippen LogP contribution in [0, 0.1) is 5.92 Å². The highest BCUT2D eigenvalue weighted by atomic mass is 16.5. The predicted molar refractivity (Wildman–Crippen MR) is 80.8 cm³/mol. The molecule has 0 radical (unpaired) electrons. The van der Waals surface area contributed by atoms with Crippen molar-refractivity contribution >= 4 is 5.91 Å². The number of morpholine rings is 1. The summed E-state index contributed by atoms with van der Waals surface area (Å²) in [6.45, 7) is 5.72. The van der Waals surface area contributed by atoms with Crippen LogP contribution in [0.25, 0.3) is 0 Å². The molecule has 2 heterocycles. The quantitative estimate of drug-likeness (QED) is 0.814. The highest BCUT2D eigenvalue weighted by Crippen LogP contribution is 2.10. The number of hydrogen-bond donors (Lipinski definition) is 2. The van der Waals surface area contributed by atoms with Gasteiger partial charge in [-0.2, -0.15) is 0 Å². The number of rotatable bonds is 5. The second-order valence-electron chi connectivity index (χ2n) is 5.81. The third-order valence-electron chi connectivity index (χ3n) is 4.13. The van der Waals surface area contributed by atoms with Crippen molar-refractivity contribution in [2.24, 2.45) is 5.92 Å². The van der Waals surface area contributed by atoms with Crippen molar-refractivity contribution in [3.05, 3.63) is 35.9 Å². The van der Waals surface area contributed by atoms with Crippen molar-refractivity contribution in [1.82, 2.24) is 15.5 Å². The molecule has 2 aliphatic rings. The summed E-state index contributed by atoms with van der Waals surface area (Å²) in [5, 5.41) is 6.12. The van der Waals surface area contributed by atoms with Crippen LogP contribution in [0.1, 0.15) is 5.56 Å². The maximum Gasteiger partial charge on any atom is 0.225 e. The fourth-order valence-electron chi connectivity index (χ4n) is 2.72. The van der Waals surface area contributed by atoms with Gasteiger partial charge in [0.15, 0.2) is 0 Å². The minimum absolute atomic E-state index is 0.0967. The minimum Gasteiger partial charge on any atom is -0.374 e. The van der Waals surface area contributed by atoms with Crippen molar-refractivity contribution in [2.75, 3.05) is 39.3 Å². The van der Waals surface area contributed by atoms with Gasteiger partial charge in [0.2, 0.25) is 5.91 Å². The van der Waals surface area contributed by atoms with Crippen molar-refractivity contribution < 1.29 is 9.53 Å². The summed E-state index contributed by atoms with van der Waals surface area (Å²) in [5.74, 6) is 0.298. The lowest BCUT2D eigenvalue weighted by Crippen LogP contribution is -2.53. The molecule has 1 aromatic carbocycles. The number of carbonyl (C=O) groups excluding carboxylic acids is 1. The van der Waals surface area contributed by atoms with Gasteiger partial charge in [0.25, 0.3) is 0 Å². The lowest BCUT2D eigenvalue weighted by atomic mass is 10.0. The molecule has 0 aromatic heterocycles. The fourth-order valence-corrected chi connectivity index (χ4v) is 2.72. The van der Waals surface area contributed by atoms with Gasteiger partial charge in [0.1, 0.15) is 0 Å². The number of carbonyl (C=O) groups is 1. The first-order valence-corrected chi connectivity index (χ1v) is 7.67. The van der Waals surface area contributed by atoms with E-state index < -0.39 is 0 Å². The molecule has 0 aliphatic carbocycles. The number of amides is 1. The van der Waals surface area contributed by atoms with E-state index in [1.165, 1.54) is 5.56 Å². The molecule has 5 nitrogen and oxygen atoms in total. The zero-order valence-electron chi connectivity index (χ0n) is 12.3. The maximum absolute atomic E-state index is 11.8. The molecule has 5 heteroatoms. The van der Waals surface area contributed by atoms with Crippen LogP contribution in [0.2, 0.25) is 0 Å². The topological polar surface area (TPSA) is 53.6 Å². The van der Waals surface area contributed by atoms with E-state index in [0.29, 0.717) is 6.54 Å². The van der Waals surface area contributed by atoms with Crippen LogP contribution in [0.15, 0.2) is 30.3 Å². The molecular formula is C16H23N3O2. The average molecular weight is 289 g/mol. The Labute approximate surface area is 125 Å². The molecule has 0 saturated carbocycles. The molecular weight excluding hydrogens is 266 g/mol. The SMILES string of the molecule is O=C(NCC1CN(Cc2ccccc2)CCO1)C1CNC1. The normalized spacial score (nSPS) is 23.5. The smallest absolute Gasteiger partial charge is 0.225 e. The van der Waals surface area contributed by atoms with Gasteiger partial charge in [-0.15, -0.1) is 0 Å². The monoisotopic (exact) mass is 289 g/mol. The molecule has 2 aliphatic heterocycles. The largest absolute Gasteiger partial charge is 0.374 e. The average Bonchev–Trinajstić information content (AvgIpc) is 2.45. The molecule has 2 saturated heterocycles. The first kappa shape index (κ1) is 14.5. The maximum atomic E-state index is 11.8. The number of benzene rings is 1. The third kappa shape index (κ3) is 4.03. The molecule has 0 spiro atoms. The number of nitrogens with zero attached hydrogens (tertiary/aromatic N) is 1. The van der Waals surface area contributed by atoms with E-state index in [0.717, 1.165) is 39.3 Å². The lowest BCUT2D eigenvalue weighted by Gasteiger charge is -2.33. The van der Waals surface area contributed by atoms with Crippen LogP contribution in [0.5, 0.6) is 0 Å². The highest BCUT2D eigenvalue weighted by Gasteiger charge is 2.26. The molecule has 2 N–H and O–H groups in total. The number of nitrogens with one attached hydrogen (secondary N) is 2. The fraction of sp³-hybridized carbons (Fsp3) is 0.562. The Hall–Kier alpha value is -1.43. The second-order valence-corrected chi connectivity index (χ2v) is 5.81. The van der Waals surface area contributed by atoms with Gasteiger partial charge in [-0.25, -0.2) is 0 Å². The number of hydrogen-bond acceptors (Lipinski definition) is 4. The number of ether oxygens (including phenoxy) is 1. The summed E-state index contributed by atoms with van der Waals surface area (Å²) in [7, 11) is 0. The van der Waals surface area contributed by atoms with E-state index in [1.54, 1.807) is 0 Å². The van der Waals surface area contributed by atoms with Gasteiger partial charge < -0.3 is 15.4 Å². The van der Waals surface area contributed by atoms with Crippen molar-refractivity contribution in [2.45, 2.75) is 12.6 Å². The van der Waals surface area contributed by atoms with Gasteiger partial charge in [-0.05, 0) is 5.56 Å². The van der Waals surface area contributed by atoms with Crippen molar-refractivity contribution in [1.29, 1.82) is 0 Å². The first-order chi connectivity index (χ1) is 10.3. The standard InChI is InChI=1S/C16H23N3O2/c20-16(14-8-17-9-14)18-10-15-12-19(6-7-21-15)11-13-4-2-1-3-5-13/h1-5,14-15,17H,6-12H2,(H,18,20). The Balaban J connectivity index is 1.43. The third-order valence-corrected chi connectivity index (χ3v) is 4.13. The van der Waals surface area contributed by atoms with Gasteiger partial charge in [-0.1, -0.05) is 30.3 Å². The van der Waals surface area contributed by atoms with E-state index in [4.69, 9.17) is 4.74 Å². The summed E-state index contributed by atoms with van der Waals surface area (Å²) in [6.07, 6.45) is 0.0967. The summed E-state index contributed by atoms with van der Waals surface area (Å²) >= 11 is 0. The van der Waals surface area contributed by atoms with Crippen LogP contribution in [-0.2, 0) is 16.1 Å². The zero-order valence-corrected chi connectivity index (χ0v) is 12.3. The van der Waals surface area contributed by atoms with Gasteiger partial charge in [-0.3, -0.25) is 9.69 Å². The Kier molecular flexibility index (Phi) is 4.85. The second kappa shape index (κ2) is 7.02. The molecule has 0 bridgehead atoms. The van der Waals surface area contributed by atoms with Crippen LogP contribution in [0.3, 0.4) is 0 Å². The summed E-state index contributed by atoms with van der Waals surface area (Å²) in [4.78, 5) is 14.2. The van der Waals surface area contributed by atoms with Crippen LogP contribution < -0.4 is 10.6 Å². The van der Waals surface area contributed by atoms with E-state index in [1.807, 2.05) is 6.07 Å². The van der Waals surface area contributed by atoms with Gasteiger partial charge in [0.05, 0.1) is 18.6 Å². The van der Waals surface area contributed by atoms with Gasteiger partial charge >= 0.3 is 0 Å². The van der Waals surface area contributed by atoms with Crippen molar-refractivity contribution in [3.63, 3.8) is 0 Å². The predicted octanol–water partition coefficient (Wildman–Crippen LogP) is 0.223. The zero-order chi connectivity index (χ0) is 14.5. The van der Waals surface area contributed by atoms with Crippen LogP contribution >= 0.6 is 0 Å². The Morgan fingerprint density at radius 2 is 2.14 bits per heavy atom. The molecule has 114 valence electrons. The first-order valence-electron chi connectivity index (χ1n) is 7.67.